The Hall–Kier alpha value is -3.56. The second-order valence-corrected chi connectivity index (χ2v) is 8.29. The third-order valence-corrected chi connectivity index (χ3v) is 6.10. The van der Waals surface area contributed by atoms with E-state index in [2.05, 4.69) is 20.6 Å². The molecule has 1 aliphatic rings. The fourth-order valence-electron chi connectivity index (χ4n) is 4.44. The third kappa shape index (κ3) is 4.12. The first-order valence-corrected chi connectivity index (χ1v) is 10.7. The Labute approximate surface area is 186 Å². The topological polar surface area (TPSA) is 74.2 Å². The molecule has 1 amide bonds. The number of fused-ring (bicyclic) bond motifs is 2. The number of pyridine rings is 1. The molecule has 172 valence electrons. The number of benzene rings is 1. The maximum absolute atomic E-state index is 14.2. The van der Waals surface area contributed by atoms with Crippen LogP contribution < -0.4 is 10.6 Å². The van der Waals surface area contributed by atoms with Gasteiger partial charge in [0.1, 0.15) is 17.3 Å². The minimum absolute atomic E-state index is 0.0472. The summed E-state index contributed by atoms with van der Waals surface area (Å²) in [4.78, 5) is 19.3. The van der Waals surface area contributed by atoms with Crippen molar-refractivity contribution in [3.8, 4) is 0 Å². The summed E-state index contributed by atoms with van der Waals surface area (Å²) in [6.07, 6.45) is 0.840. The van der Waals surface area contributed by atoms with E-state index in [9.17, 15) is 22.4 Å². The molecule has 10 heteroatoms. The van der Waals surface area contributed by atoms with E-state index in [0.29, 0.717) is 24.2 Å². The van der Waals surface area contributed by atoms with Crippen LogP contribution in [0, 0.1) is 5.82 Å². The van der Waals surface area contributed by atoms with Gasteiger partial charge in [-0.3, -0.25) is 9.20 Å². The molecule has 0 radical (unpaired) electrons. The van der Waals surface area contributed by atoms with Gasteiger partial charge in [0.05, 0.1) is 5.56 Å². The number of amides is 1. The van der Waals surface area contributed by atoms with E-state index in [1.807, 2.05) is 0 Å². The molecule has 0 saturated heterocycles. The number of hydrogen-bond donors (Lipinski definition) is 3. The molecule has 3 aromatic heterocycles. The highest BCUT2D eigenvalue weighted by Gasteiger charge is 2.34. The van der Waals surface area contributed by atoms with Crippen molar-refractivity contribution in [2.75, 3.05) is 5.32 Å². The molecule has 1 aliphatic carbocycles. The van der Waals surface area contributed by atoms with Crippen LogP contribution in [-0.4, -0.2) is 32.4 Å². The first-order valence-electron chi connectivity index (χ1n) is 10.7. The molecule has 3 N–H and O–H groups in total. The van der Waals surface area contributed by atoms with Gasteiger partial charge < -0.3 is 15.6 Å². The zero-order chi connectivity index (χ0) is 23.2. The minimum Gasteiger partial charge on any atom is -0.368 e. The molecule has 6 nitrogen and oxygen atoms in total. The Morgan fingerprint density at radius 3 is 2.55 bits per heavy atom. The van der Waals surface area contributed by atoms with Crippen molar-refractivity contribution in [1.82, 2.24) is 19.7 Å². The number of aromatic nitrogens is 3. The molecule has 0 spiro atoms. The van der Waals surface area contributed by atoms with Gasteiger partial charge in [-0.05, 0) is 49.9 Å². The second-order valence-electron chi connectivity index (χ2n) is 8.29. The van der Waals surface area contributed by atoms with Crippen LogP contribution in [-0.2, 0) is 6.18 Å². The van der Waals surface area contributed by atoms with Gasteiger partial charge in [-0.25, -0.2) is 9.37 Å². The van der Waals surface area contributed by atoms with Crippen LogP contribution in [0.5, 0.6) is 0 Å². The Morgan fingerprint density at radius 2 is 1.79 bits per heavy atom. The number of halogens is 4. The van der Waals surface area contributed by atoms with Gasteiger partial charge in [0.15, 0.2) is 5.69 Å². The average molecular weight is 459 g/mol. The van der Waals surface area contributed by atoms with E-state index in [4.69, 9.17) is 0 Å². The molecule has 33 heavy (non-hydrogen) atoms. The number of carbonyl (C=O) groups is 1. The SMILES string of the molecule is O=C(N[C@H]1CC[C@@H](Nc2cccc3nc(C(F)(F)F)cn23)CC1)c1c[nH]c2cccc(F)c12. The number of carbonyl (C=O) groups excluding carboxylic acids is 1. The van der Waals surface area contributed by atoms with Crippen molar-refractivity contribution in [2.45, 2.75) is 43.9 Å². The Morgan fingerprint density at radius 1 is 1.06 bits per heavy atom. The lowest BCUT2D eigenvalue weighted by Crippen LogP contribution is -2.40. The predicted octanol–water partition coefficient (Wildman–Crippen LogP) is 5.13. The van der Waals surface area contributed by atoms with Gasteiger partial charge in [-0.1, -0.05) is 12.1 Å². The molecule has 1 saturated carbocycles. The van der Waals surface area contributed by atoms with Gasteiger partial charge in [0.25, 0.3) is 5.91 Å². The zero-order valence-electron chi connectivity index (χ0n) is 17.4. The molecule has 0 bridgehead atoms. The normalized spacial score (nSPS) is 19.2. The molecule has 0 atom stereocenters. The number of alkyl halides is 3. The van der Waals surface area contributed by atoms with Gasteiger partial charge in [0, 0.05) is 35.4 Å². The molecule has 1 aromatic carbocycles. The summed E-state index contributed by atoms with van der Waals surface area (Å²) in [5.74, 6) is -0.239. The summed E-state index contributed by atoms with van der Waals surface area (Å²) in [5.41, 5.74) is 0.127. The molecule has 5 rings (SSSR count). The molecule has 3 heterocycles. The standard InChI is InChI=1S/C23H21F4N5O/c24-16-3-1-4-17-21(16)15(11-28-17)22(33)30-14-9-7-13(8-10-14)29-19-5-2-6-20-31-18(12-32(19)20)23(25,26)27/h1-6,11-14,28-29H,7-10H2,(H,30,33)/t13-,14+. The van der Waals surface area contributed by atoms with Crippen LogP contribution in [0.25, 0.3) is 16.6 Å². The maximum Gasteiger partial charge on any atom is 0.434 e. The summed E-state index contributed by atoms with van der Waals surface area (Å²) in [7, 11) is 0. The maximum atomic E-state index is 14.2. The summed E-state index contributed by atoms with van der Waals surface area (Å²) >= 11 is 0. The fraction of sp³-hybridized carbons (Fsp3) is 0.304. The van der Waals surface area contributed by atoms with E-state index in [-0.39, 0.29) is 34.6 Å². The smallest absolute Gasteiger partial charge is 0.368 e. The molecule has 0 aliphatic heterocycles. The third-order valence-electron chi connectivity index (χ3n) is 6.10. The number of imidazole rings is 1. The number of hydrogen-bond acceptors (Lipinski definition) is 3. The lowest BCUT2D eigenvalue weighted by molar-refractivity contribution is -0.140. The van der Waals surface area contributed by atoms with Gasteiger partial charge in [-0.15, -0.1) is 0 Å². The van der Waals surface area contributed by atoms with E-state index < -0.39 is 17.7 Å². The Bertz CT molecular complexity index is 1320. The predicted molar refractivity (Wildman–Crippen MR) is 116 cm³/mol. The monoisotopic (exact) mass is 459 g/mol. The average Bonchev–Trinajstić information content (AvgIpc) is 3.41. The fourth-order valence-corrected chi connectivity index (χ4v) is 4.44. The van der Waals surface area contributed by atoms with Gasteiger partial charge in [-0.2, -0.15) is 13.2 Å². The van der Waals surface area contributed by atoms with Crippen LogP contribution in [0.3, 0.4) is 0 Å². The highest BCUT2D eigenvalue weighted by molar-refractivity contribution is 6.07. The summed E-state index contributed by atoms with van der Waals surface area (Å²) in [6, 6.07) is 9.51. The summed E-state index contributed by atoms with van der Waals surface area (Å²) < 4.78 is 54.6. The zero-order valence-corrected chi connectivity index (χ0v) is 17.4. The van der Waals surface area contributed by atoms with Crippen molar-refractivity contribution >= 4 is 28.3 Å². The summed E-state index contributed by atoms with van der Waals surface area (Å²) in [5, 5.41) is 6.57. The molecular weight excluding hydrogens is 438 g/mol. The number of aromatic amines is 1. The Balaban J connectivity index is 1.23. The van der Waals surface area contributed by atoms with Crippen molar-refractivity contribution in [3.05, 3.63) is 65.9 Å². The minimum atomic E-state index is -4.51. The molecular formula is C23H21F4N5O. The lowest BCUT2D eigenvalue weighted by atomic mass is 9.91. The number of nitrogens with zero attached hydrogens (tertiary/aromatic N) is 2. The van der Waals surface area contributed by atoms with Gasteiger partial charge in [0.2, 0.25) is 0 Å². The highest BCUT2D eigenvalue weighted by Crippen LogP contribution is 2.30. The van der Waals surface area contributed by atoms with Crippen LogP contribution in [0.4, 0.5) is 23.4 Å². The van der Waals surface area contributed by atoms with E-state index in [0.717, 1.165) is 19.0 Å². The van der Waals surface area contributed by atoms with Crippen LogP contribution in [0.15, 0.2) is 48.8 Å². The van der Waals surface area contributed by atoms with E-state index in [1.165, 1.54) is 22.7 Å². The van der Waals surface area contributed by atoms with Crippen molar-refractivity contribution in [2.24, 2.45) is 0 Å². The van der Waals surface area contributed by atoms with Crippen LogP contribution in [0.2, 0.25) is 0 Å². The first kappa shape index (κ1) is 21.3. The molecule has 4 aromatic rings. The first-order chi connectivity index (χ1) is 15.8. The van der Waals surface area contributed by atoms with Crippen LogP contribution in [0.1, 0.15) is 41.7 Å². The lowest BCUT2D eigenvalue weighted by Gasteiger charge is -2.30. The number of H-pyrrole nitrogens is 1. The van der Waals surface area contributed by atoms with Crippen molar-refractivity contribution < 1.29 is 22.4 Å². The largest absolute Gasteiger partial charge is 0.434 e. The number of anilines is 1. The van der Waals surface area contributed by atoms with E-state index >= 15 is 0 Å². The molecule has 0 unspecified atom stereocenters. The Kier molecular flexibility index (Phi) is 5.22. The van der Waals surface area contributed by atoms with Gasteiger partial charge >= 0.3 is 6.18 Å². The summed E-state index contributed by atoms with van der Waals surface area (Å²) in [6.45, 7) is 0. The second kappa shape index (κ2) is 8.09. The van der Waals surface area contributed by atoms with E-state index in [1.54, 1.807) is 24.3 Å². The quantitative estimate of drug-likeness (QED) is 0.371. The van der Waals surface area contributed by atoms with Crippen molar-refractivity contribution in [3.63, 3.8) is 0 Å². The van der Waals surface area contributed by atoms with Crippen LogP contribution >= 0.6 is 0 Å². The number of nitrogens with one attached hydrogen (secondary N) is 3. The van der Waals surface area contributed by atoms with Crippen molar-refractivity contribution in [1.29, 1.82) is 0 Å². The molecule has 1 fully saturated rings. The number of rotatable bonds is 4. The highest BCUT2D eigenvalue weighted by atomic mass is 19.4.